The fourth-order valence-electron chi connectivity index (χ4n) is 2.32. The second-order valence-electron chi connectivity index (χ2n) is 6.57. The van der Waals surface area contributed by atoms with E-state index < -0.39 is 11.8 Å². The smallest absolute Gasteiger partial charge is 0.269 e. The quantitative estimate of drug-likeness (QED) is 0.391. The molecule has 0 aromatic heterocycles. The first-order valence-corrected chi connectivity index (χ1v) is 10.0. The van der Waals surface area contributed by atoms with Crippen LogP contribution in [0.5, 0.6) is 0 Å². The van der Waals surface area contributed by atoms with Crippen molar-refractivity contribution in [2.45, 2.75) is 20.3 Å². The summed E-state index contributed by atoms with van der Waals surface area (Å²) in [6, 6.07) is 13.3. The zero-order valence-corrected chi connectivity index (χ0v) is 18.3. The lowest BCUT2D eigenvalue weighted by Gasteiger charge is -2.12. The minimum Gasteiger partial charge on any atom is -0.326 e. The van der Waals surface area contributed by atoms with Crippen LogP contribution in [0.3, 0.4) is 0 Å². The van der Waals surface area contributed by atoms with Crippen LogP contribution in [0.25, 0.3) is 0 Å². The highest BCUT2D eigenvalue weighted by Gasteiger charge is 2.12. The maximum atomic E-state index is 12.2. The molecule has 4 N–H and O–H groups in total. The Bertz CT molecular complexity index is 916. The summed E-state index contributed by atoms with van der Waals surface area (Å²) >= 11 is 8.32. The summed E-state index contributed by atoms with van der Waals surface area (Å²) in [5.41, 5.74) is 6.28. The Balaban J connectivity index is 1.84. The molecule has 0 unspecified atom stereocenters. The molecule has 9 heteroatoms. The number of anilines is 1. The molecule has 152 valence electrons. The number of benzene rings is 2. The van der Waals surface area contributed by atoms with Gasteiger partial charge in [0.05, 0.1) is 5.56 Å². The highest BCUT2D eigenvalue weighted by molar-refractivity contribution is 9.10. The second kappa shape index (κ2) is 10.7. The van der Waals surface area contributed by atoms with E-state index in [1.54, 1.807) is 48.5 Å². The highest BCUT2D eigenvalue weighted by Crippen LogP contribution is 2.15. The molecule has 0 saturated heterocycles. The van der Waals surface area contributed by atoms with Gasteiger partial charge in [-0.3, -0.25) is 30.6 Å². The molecule has 0 heterocycles. The van der Waals surface area contributed by atoms with Crippen molar-refractivity contribution >= 4 is 56.7 Å². The zero-order valence-electron chi connectivity index (χ0n) is 15.9. The van der Waals surface area contributed by atoms with Gasteiger partial charge in [0.15, 0.2) is 5.11 Å². The van der Waals surface area contributed by atoms with Crippen molar-refractivity contribution in [3.8, 4) is 0 Å². The van der Waals surface area contributed by atoms with E-state index in [2.05, 4.69) is 37.4 Å². The van der Waals surface area contributed by atoms with Gasteiger partial charge in [-0.2, -0.15) is 0 Å². The van der Waals surface area contributed by atoms with Crippen LogP contribution < -0.4 is 21.5 Å². The van der Waals surface area contributed by atoms with Gasteiger partial charge in [-0.15, -0.1) is 0 Å². The Morgan fingerprint density at radius 3 is 2.24 bits per heavy atom. The predicted molar refractivity (Wildman–Crippen MR) is 119 cm³/mol. The molecular weight excluding hydrogens is 456 g/mol. The van der Waals surface area contributed by atoms with Crippen molar-refractivity contribution in [2.24, 2.45) is 5.92 Å². The molecular formula is C20H21BrN4O3S. The predicted octanol–water partition coefficient (Wildman–Crippen LogP) is 3.38. The van der Waals surface area contributed by atoms with Crippen molar-refractivity contribution in [1.29, 1.82) is 0 Å². The van der Waals surface area contributed by atoms with Gasteiger partial charge in [0.25, 0.3) is 11.8 Å². The van der Waals surface area contributed by atoms with Crippen LogP contribution in [-0.2, 0) is 4.79 Å². The third-order valence-electron chi connectivity index (χ3n) is 3.66. The van der Waals surface area contributed by atoms with Crippen molar-refractivity contribution in [2.75, 3.05) is 5.32 Å². The van der Waals surface area contributed by atoms with Crippen molar-refractivity contribution in [3.63, 3.8) is 0 Å². The average molecular weight is 477 g/mol. The molecule has 2 aromatic rings. The van der Waals surface area contributed by atoms with Gasteiger partial charge in [-0.25, -0.2) is 0 Å². The van der Waals surface area contributed by atoms with Gasteiger partial charge in [-0.1, -0.05) is 26.0 Å². The van der Waals surface area contributed by atoms with Crippen LogP contribution in [0.2, 0.25) is 0 Å². The van der Waals surface area contributed by atoms with Crippen LogP contribution in [0, 0.1) is 5.92 Å². The Morgan fingerprint density at radius 2 is 1.62 bits per heavy atom. The van der Waals surface area contributed by atoms with Gasteiger partial charge in [0.2, 0.25) is 5.91 Å². The molecule has 0 atom stereocenters. The third kappa shape index (κ3) is 7.28. The number of hydrogen-bond donors (Lipinski definition) is 4. The summed E-state index contributed by atoms with van der Waals surface area (Å²) in [7, 11) is 0. The van der Waals surface area contributed by atoms with Crippen LogP contribution in [-0.4, -0.2) is 22.8 Å². The molecule has 0 aliphatic rings. The van der Waals surface area contributed by atoms with Gasteiger partial charge in [0, 0.05) is 22.1 Å². The number of thiocarbonyl (C=S) groups is 1. The Kier molecular flexibility index (Phi) is 8.29. The van der Waals surface area contributed by atoms with Crippen LogP contribution in [0.15, 0.2) is 53.0 Å². The molecule has 0 radical (unpaired) electrons. The summed E-state index contributed by atoms with van der Waals surface area (Å²) in [6.07, 6.45) is 0.425. The molecule has 0 bridgehead atoms. The molecule has 3 amide bonds. The number of carbonyl (C=O) groups excluding carboxylic acids is 3. The number of carbonyl (C=O) groups is 3. The lowest BCUT2D eigenvalue weighted by atomic mass is 10.1. The van der Waals surface area contributed by atoms with E-state index in [9.17, 15) is 14.4 Å². The zero-order chi connectivity index (χ0) is 21.4. The second-order valence-corrected chi connectivity index (χ2v) is 7.83. The fraction of sp³-hybridized carbons (Fsp3) is 0.200. The van der Waals surface area contributed by atoms with Crippen molar-refractivity contribution in [3.05, 3.63) is 64.1 Å². The highest BCUT2D eigenvalue weighted by atomic mass is 79.9. The summed E-state index contributed by atoms with van der Waals surface area (Å²) < 4.78 is 0.630. The van der Waals surface area contributed by atoms with E-state index in [0.29, 0.717) is 27.7 Å². The first-order chi connectivity index (χ1) is 13.8. The Labute approximate surface area is 182 Å². The minimum absolute atomic E-state index is 0.0447. The summed E-state index contributed by atoms with van der Waals surface area (Å²) in [4.78, 5) is 36.1. The van der Waals surface area contributed by atoms with Gasteiger partial charge >= 0.3 is 0 Å². The molecule has 0 aliphatic carbocycles. The topological polar surface area (TPSA) is 99.3 Å². The standard InChI is InChI=1S/C20H21BrN4O3S/c1-12(2)11-17(26)22-14-9-7-13(8-10-14)18(27)24-25-20(29)23-19(28)15-5-3-4-6-16(15)21/h3-10,12H,11H2,1-2H3,(H,22,26)(H,24,27)(H2,23,25,28,29). The molecule has 0 spiro atoms. The van der Waals surface area contributed by atoms with E-state index in [1.807, 2.05) is 13.8 Å². The molecule has 0 saturated carbocycles. The normalized spacial score (nSPS) is 10.2. The number of rotatable bonds is 5. The summed E-state index contributed by atoms with van der Waals surface area (Å²) in [6.45, 7) is 3.93. The molecule has 2 aromatic carbocycles. The Hall–Kier alpha value is -2.78. The fourth-order valence-corrected chi connectivity index (χ4v) is 2.93. The average Bonchev–Trinajstić information content (AvgIpc) is 2.66. The monoisotopic (exact) mass is 476 g/mol. The lowest BCUT2D eigenvalue weighted by Crippen LogP contribution is -2.48. The third-order valence-corrected chi connectivity index (χ3v) is 4.56. The maximum Gasteiger partial charge on any atom is 0.269 e. The lowest BCUT2D eigenvalue weighted by molar-refractivity contribution is -0.116. The van der Waals surface area contributed by atoms with E-state index in [4.69, 9.17) is 12.2 Å². The molecule has 0 aliphatic heterocycles. The number of nitrogens with one attached hydrogen (secondary N) is 4. The molecule has 2 rings (SSSR count). The van der Waals surface area contributed by atoms with Crippen molar-refractivity contribution < 1.29 is 14.4 Å². The minimum atomic E-state index is -0.442. The molecule has 0 fully saturated rings. The van der Waals surface area contributed by atoms with Crippen LogP contribution in [0.4, 0.5) is 5.69 Å². The van der Waals surface area contributed by atoms with Crippen LogP contribution >= 0.6 is 28.1 Å². The summed E-state index contributed by atoms with van der Waals surface area (Å²) in [5.74, 6) is -0.670. The van der Waals surface area contributed by atoms with Crippen LogP contribution in [0.1, 0.15) is 41.0 Å². The largest absolute Gasteiger partial charge is 0.326 e. The van der Waals surface area contributed by atoms with E-state index in [-0.39, 0.29) is 16.9 Å². The van der Waals surface area contributed by atoms with E-state index >= 15 is 0 Å². The van der Waals surface area contributed by atoms with Gasteiger partial charge in [-0.05, 0) is 70.5 Å². The van der Waals surface area contributed by atoms with Gasteiger partial charge in [0.1, 0.15) is 0 Å². The van der Waals surface area contributed by atoms with E-state index in [1.165, 1.54) is 0 Å². The maximum absolute atomic E-state index is 12.2. The molecule has 29 heavy (non-hydrogen) atoms. The van der Waals surface area contributed by atoms with E-state index in [0.717, 1.165) is 0 Å². The number of hydrogen-bond acceptors (Lipinski definition) is 4. The first-order valence-electron chi connectivity index (χ1n) is 8.82. The SMILES string of the molecule is CC(C)CC(=O)Nc1ccc(C(=O)NNC(=S)NC(=O)c2ccccc2Br)cc1. The van der Waals surface area contributed by atoms with Gasteiger partial charge < -0.3 is 5.32 Å². The molecule has 7 nitrogen and oxygen atoms in total. The summed E-state index contributed by atoms with van der Waals surface area (Å²) in [5, 5.41) is 5.21. The first kappa shape index (κ1) is 22.5. The number of amides is 3. The Morgan fingerprint density at radius 1 is 0.966 bits per heavy atom. The number of hydrazine groups is 1. The van der Waals surface area contributed by atoms with Crippen molar-refractivity contribution in [1.82, 2.24) is 16.2 Å². The number of halogens is 1.